The van der Waals surface area contributed by atoms with Gasteiger partial charge in [-0.25, -0.2) is 0 Å². The van der Waals surface area contributed by atoms with Crippen LogP contribution in [0.25, 0.3) is 0 Å². The number of unbranched alkanes of at least 4 members (excludes halogenated alkanes) is 2. The Morgan fingerprint density at radius 2 is 2.27 bits per heavy atom. The van der Waals surface area contributed by atoms with E-state index in [0.717, 1.165) is 45.1 Å². The normalized spacial score (nSPS) is 24.8. The lowest BCUT2D eigenvalue weighted by molar-refractivity contribution is -0.124. The first-order chi connectivity index (χ1) is 7.24. The number of carbonyl (C=O) groups excluding carboxylic acids is 1. The average Bonchev–Trinajstić information content (AvgIpc) is 2.64. The lowest BCUT2D eigenvalue weighted by atomic mass is 10.1. The van der Waals surface area contributed by atoms with Crippen LogP contribution in [0, 0.1) is 18.3 Å². The Balaban J connectivity index is 2.06. The number of hydrogen-bond donors (Lipinski definition) is 2. The topological polar surface area (TPSA) is 55.1 Å². The van der Waals surface area contributed by atoms with Crippen LogP contribution in [0.5, 0.6) is 0 Å². The molecule has 1 aliphatic carbocycles. The highest BCUT2D eigenvalue weighted by Crippen LogP contribution is 2.23. The van der Waals surface area contributed by atoms with Crippen molar-refractivity contribution in [1.82, 2.24) is 5.32 Å². The minimum atomic E-state index is 0.146. The minimum Gasteiger partial charge on any atom is -0.356 e. The molecule has 1 aliphatic rings. The van der Waals surface area contributed by atoms with Gasteiger partial charge in [0.25, 0.3) is 0 Å². The summed E-state index contributed by atoms with van der Waals surface area (Å²) in [5.41, 5.74) is 5.76. The van der Waals surface area contributed by atoms with E-state index in [4.69, 9.17) is 12.2 Å². The zero-order chi connectivity index (χ0) is 11.1. The van der Waals surface area contributed by atoms with Crippen molar-refractivity contribution in [2.75, 3.05) is 6.54 Å². The van der Waals surface area contributed by atoms with E-state index in [1.165, 1.54) is 0 Å². The first-order valence-corrected chi connectivity index (χ1v) is 5.70. The molecule has 0 aromatic rings. The van der Waals surface area contributed by atoms with E-state index in [-0.39, 0.29) is 17.9 Å². The average molecular weight is 208 g/mol. The van der Waals surface area contributed by atoms with Gasteiger partial charge in [0, 0.05) is 24.9 Å². The molecule has 2 atom stereocenters. The van der Waals surface area contributed by atoms with Crippen molar-refractivity contribution < 1.29 is 4.79 Å². The van der Waals surface area contributed by atoms with E-state index >= 15 is 0 Å². The molecule has 0 aromatic carbocycles. The van der Waals surface area contributed by atoms with Gasteiger partial charge in [0.05, 0.1) is 0 Å². The second-order valence-corrected chi connectivity index (χ2v) is 4.22. The highest BCUT2D eigenvalue weighted by Gasteiger charge is 2.27. The first kappa shape index (κ1) is 12.1. The molecule has 3 nitrogen and oxygen atoms in total. The first-order valence-electron chi connectivity index (χ1n) is 5.70. The molecule has 1 rings (SSSR count). The summed E-state index contributed by atoms with van der Waals surface area (Å²) in [5.74, 6) is 2.90. The molecule has 15 heavy (non-hydrogen) atoms. The molecule has 0 radical (unpaired) electrons. The van der Waals surface area contributed by atoms with Crippen LogP contribution < -0.4 is 11.1 Å². The van der Waals surface area contributed by atoms with Gasteiger partial charge >= 0.3 is 0 Å². The van der Waals surface area contributed by atoms with Gasteiger partial charge in [-0.2, -0.15) is 0 Å². The third-order valence-corrected chi connectivity index (χ3v) is 2.89. The fraction of sp³-hybridized carbons (Fsp3) is 0.750. The second-order valence-electron chi connectivity index (χ2n) is 4.22. The Hall–Kier alpha value is -1.01. The number of nitrogens with one attached hydrogen (secondary N) is 1. The highest BCUT2D eigenvalue weighted by atomic mass is 16.1. The third kappa shape index (κ3) is 4.35. The number of hydrogen-bond acceptors (Lipinski definition) is 2. The van der Waals surface area contributed by atoms with E-state index in [0.29, 0.717) is 0 Å². The van der Waals surface area contributed by atoms with Crippen LogP contribution in [0.15, 0.2) is 0 Å². The summed E-state index contributed by atoms with van der Waals surface area (Å²) in [6.45, 7) is 0.742. The smallest absolute Gasteiger partial charge is 0.223 e. The van der Waals surface area contributed by atoms with Crippen molar-refractivity contribution in [2.24, 2.45) is 11.7 Å². The molecule has 0 bridgehead atoms. The Kier molecular flexibility index (Phi) is 5.20. The Labute approximate surface area is 91.8 Å². The lowest BCUT2D eigenvalue weighted by Crippen LogP contribution is -2.31. The van der Waals surface area contributed by atoms with Gasteiger partial charge < -0.3 is 11.1 Å². The van der Waals surface area contributed by atoms with E-state index in [1.54, 1.807) is 0 Å². The number of terminal acetylenes is 1. The van der Waals surface area contributed by atoms with Gasteiger partial charge in [-0.05, 0) is 32.1 Å². The van der Waals surface area contributed by atoms with E-state index in [2.05, 4.69) is 11.2 Å². The summed E-state index contributed by atoms with van der Waals surface area (Å²) in [5, 5.41) is 2.94. The molecule has 3 N–H and O–H groups in total. The van der Waals surface area contributed by atoms with Crippen molar-refractivity contribution in [1.29, 1.82) is 0 Å². The predicted octanol–water partition coefficient (Wildman–Crippen LogP) is 1.03. The lowest BCUT2D eigenvalue weighted by Gasteiger charge is -2.10. The molecule has 0 aromatic heterocycles. The zero-order valence-electron chi connectivity index (χ0n) is 9.17. The number of nitrogens with two attached hydrogens (primary N) is 1. The summed E-state index contributed by atoms with van der Waals surface area (Å²) < 4.78 is 0. The molecule has 1 fully saturated rings. The van der Waals surface area contributed by atoms with E-state index in [9.17, 15) is 4.79 Å². The molecule has 0 spiro atoms. The molecule has 3 heteroatoms. The fourth-order valence-corrected chi connectivity index (χ4v) is 1.96. The summed E-state index contributed by atoms with van der Waals surface area (Å²) in [6.07, 6.45) is 10.7. The molecule has 84 valence electrons. The largest absolute Gasteiger partial charge is 0.356 e. The number of amides is 1. The second kappa shape index (κ2) is 6.47. The van der Waals surface area contributed by atoms with Crippen molar-refractivity contribution in [3.05, 3.63) is 0 Å². The summed E-state index contributed by atoms with van der Waals surface area (Å²) in [4.78, 5) is 11.6. The Morgan fingerprint density at radius 1 is 1.47 bits per heavy atom. The molecule has 0 heterocycles. The number of carbonyl (C=O) groups is 1. The van der Waals surface area contributed by atoms with Crippen LogP contribution in [-0.4, -0.2) is 18.5 Å². The third-order valence-electron chi connectivity index (χ3n) is 2.89. The van der Waals surface area contributed by atoms with E-state index < -0.39 is 0 Å². The highest BCUT2D eigenvalue weighted by molar-refractivity contribution is 5.78. The molecule has 1 amide bonds. The predicted molar refractivity (Wildman–Crippen MR) is 61.0 cm³/mol. The molecular weight excluding hydrogens is 188 g/mol. The summed E-state index contributed by atoms with van der Waals surface area (Å²) in [6, 6.07) is 0.224. The van der Waals surface area contributed by atoms with Crippen LogP contribution in [0.2, 0.25) is 0 Å². The van der Waals surface area contributed by atoms with Gasteiger partial charge in [0.15, 0.2) is 0 Å². The van der Waals surface area contributed by atoms with Crippen LogP contribution in [0.4, 0.5) is 0 Å². The van der Waals surface area contributed by atoms with Gasteiger partial charge in [-0.15, -0.1) is 12.3 Å². The van der Waals surface area contributed by atoms with Crippen LogP contribution >= 0.6 is 0 Å². The molecular formula is C12H20N2O. The van der Waals surface area contributed by atoms with Crippen LogP contribution in [0.3, 0.4) is 0 Å². The van der Waals surface area contributed by atoms with Crippen molar-refractivity contribution in [3.8, 4) is 12.3 Å². The van der Waals surface area contributed by atoms with Crippen molar-refractivity contribution in [3.63, 3.8) is 0 Å². The van der Waals surface area contributed by atoms with Gasteiger partial charge in [0.1, 0.15) is 0 Å². The van der Waals surface area contributed by atoms with Gasteiger partial charge in [-0.1, -0.05) is 0 Å². The molecule has 1 saturated carbocycles. The summed E-state index contributed by atoms with van der Waals surface area (Å²) >= 11 is 0. The van der Waals surface area contributed by atoms with Gasteiger partial charge in [-0.3, -0.25) is 4.79 Å². The number of rotatable bonds is 5. The van der Waals surface area contributed by atoms with Crippen molar-refractivity contribution in [2.45, 2.75) is 44.6 Å². The van der Waals surface area contributed by atoms with Crippen LogP contribution in [0.1, 0.15) is 38.5 Å². The molecule has 0 saturated heterocycles. The Bertz CT molecular complexity index is 244. The van der Waals surface area contributed by atoms with Crippen molar-refractivity contribution >= 4 is 5.91 Å². The zero-order valence-corrected chi connectivity index (χ0v) is 9.17. The maximum atomic E-state index is 11.6. The van der Waals surface area contributed by atoms with Gasteiger partial charge in [0.2, 0.25) is 5.91 Å². The SMILES string of the molecule is C#CCCCCNC(=O)C1CCC(N)C1. The standard InChI is InChI=1S/C12H20N2O/c1-2-3-4-5-8-14-12(15)10-6-7-11(13)9-10/h1,10-11H,3-9,13H2,(H,14,15). The maximum absolute atomic E-state index is 11.6. The molecule has 2 unspecified atom stereocenters. The minimum absolute atomic E-state index is 0.146. The molecule has 0 aliphatic heterocycles. The monoisotopic (exact) mass is 208 g/mol. The van der Waals surface area contributed by atoms with E-state index in [1.807, 2.05) is 0 Å². The summed E-state index contributed by atoms with van der Waals surface area (Å²) in [7, 11) is 0. The Morgan fingerprint density at radius 3 is 2.87 bits per heavy atom. The maximum Gasteiger partial charge on any atom is 0.223 e. The van der Waals surface area contributed by atoms with Crippen LogP contribution in [-0.2, 0) is 4.79 Å². The fourth-order valence-electron chi connectivity index (χ4n) is 1.96. The quantitative estimate of drug-likeness (QED) is 0.524.